The predicted molar refractivity (Wildman–Crippen MR) is 98.6 cm³/mol. The minimum absolute atomic E-state index is 0.159. The largest absolute Gasteiger partial charge is 0.335 e. The van der Waals surface area contributed by atoms with Crippen LogP contribution in [0.15, 0.2) is 30.6 Å². The van der Waals surface area contributed by atoms with E-state index in [1.807, 2.05) is 0 Å². The van der Waals surface area contributed by atoms with E-state index in [4.69, 9.17) is 0 Å². The van der Waals surface area contributed by atoms with Crippen LogP contribution in [0.2, 0.25) is 0 Å². The molecule has 10 nitrogen and oxygen atoms in total. The third kappa shape index (κ3) is 3.75. The second-order valence-electron chi connectivity index (χ2n) is 6.65. The van der Waals surface area contributed by atoms with E-state index < -0.39 is 23.8 Å². The van der Waals surface area contributed by atoms with Gasteiger partial charge in [-0.3, -0.25) is 33.7 Å². The summed E-state index contributed by atoms with van der Waals surface area (Å²) in [4.78, 5) is 53.5. The van der Waals surface area contributed by atoms with Crippen molar-refractivity contribution in [1.82, 2.24) is 25.0 Å². The minimum Gasteiger partial charge on any atom is -0.335 e. The molecule has 2 aromatic heterocycles. The van der Waals surface area contributed by atoms with E-state index >= 15 is 0 Å². The molecule has 2 aromatic rings. The van der Waals surface area contributed by atoms with Crippen molar-refractivity contribution in [2.45, 2.75) is 32.4 Å². The number of anilines is 1. The Kier molecular flexibility index (Phi) is 5.21. The summed E-state index contributed by atoms with van der Waals surface area (Å²) >= 11 is 0. The fourth-order valence-corrected chi connectivity index (χ4v) is 2.95. The van der Waals surface area contributed by atoms with Crippen LogP contribution in [0.3, 0.4) is 0 Å². The molecule has 0 saturated carbocycles. The molecular weight excluding hydrogens is 364 g/mol. The summed E-state index contributed by atoms with van der Waals surface area (Å²) in [5.41, 5.74) is 1.41. The van der Waals surface area contributed by atoms with Gasteiger partial charge in [0.2, 0.25) is 5.91 Å². The Hall–Kier alpha value is -3.56. The second kappa shape index (κ2) is 7.59. The smallest absolute Gasteiger partial charge is 0.314 e. The zero-order chi connectivity index (χ0) is 20.4. The van der Waals surface area contributed by atoms with Crippen molar-refractivity contribution in [2.75, 3.05) is 5.32 Å². The Bertz CT molecular complexity index is 937. The van der Waals surface area contributed by atoms with Crippen LogP contribution >= 0.6 is 0 Å². The lowest BCUT2D eigenvalue weighted by atomic mass is 10.2. The summed E-state index contributed by atoms with van der Waals surface area (Å²) in [6.07, 6.45) is 3.08. The van der Waals surface area contributed by atoms with Crippen LogP contribution in [-0.2, 0) is 26.2 Å². The minimum atomic E-state index is -1.04. The van der Waals surface area contributed by atoms with Crippen LogP contribution in [0.25, 0.3) is 11.3 Å². The van der Waals surface area contributed by atoms with E-state index in [1.54, 1.807) is 51.5 Å². The van der Waals surface area contributed by atoms with Gasteiger partial charge in [-0.25, -0.2) is 0 Å². The van der Waals surface area contributed by atoms with Gasteiger partial charge in [-0.05, 0) is 26.0 Å². The Morgan fingerprint density at radius 2 is 1.86 bits per heavy atom. The molecule has 0 spiro atoms. The van der Waals surface area contributed by atoms with Crippen LogP contribution < -0.4 is 10.6 Å². The van der Waals surface area contributed by atoms with E-state index in [1.165, 1.54) is 4.68 Å². The van der Waals surface area contributed by atoms with Crippen LogP contribution in [0.4, 0.5) is 5.82 Å². The number of rotatable bonds is 4. The first-order valence-corrected chi connectivity index (χ1v) is 8.70. The predicted octanol–water partition coefficient (Wildman–Crippen LogP) is 0.0727. The van der Waals surface area contributed by atoms with Crippen LogP contribution in [0, 0.1) is 0 Å². The summed E-state index contributed by atoms with van der Waals surface area (Å²) in [5.74, 6) is -2.53. The molecule has 0 bridgehead atoms. The van der Waals surface area contributed by atoms with Crippen molar-refractivity contribution in [3.8, 4) is 11.3 Å². The van der Waals surface area contributed by atoms with Gasteiger partial charge >= 0.3 is 11.8 Å². The van der Waals surface area contributed by atoms with Crippen molar-refractivity contribution < 1.29 is 19.2 Å². The third-order valence-corrected chi connectivity index (χ3v) is 4.31. The van der Waals surface area contributed by atoms with Gasteiger partial charge in [0.15, 0.2) is 0 Å². The number of carbonyl (C=O) groups is 4. The van der Waals surface area contributed by atoms with Crippen molar-refractivity contribution in [3.05, 3.63) is 30.6 Å². The zero-order valence-electron chi connectivity index (χ0n) is 15.7. The highest BCUT2D eigenvalue weighted by Gasteiger charge is 2.41. The number of aryl methyl sites for hydroxylation is 1. The summed E-state index contributed by atoms with van der Waals surface area (Å²) in [6, 6.07) is 3.81. The van der Waals surface area contributed by atoms with E-state index in [0.717, 1.165) is 10.5 Å². The maximum Gasteiger partial charge on any atom is 0.314 e. The highest BCUT2D eigenvalue weighted by Crippen LogP contribution is 2.20. The summed E-state index contributed by atoms with van der Waals surface area (Å²) in [6.45, 7) is 3.41. The molecule has 1 aliphatic rings. The molecule has 146 valence electrons. The van der Waals surface area contributed by atoms with E-state index in [-0.39, 0.29) is 18.4 Å². The van der Waals surface area contributed by atoms with Crippen molar-refractivity contribution >= 4 is 29.4 Å². The SMILES string of the molecule is CC(C)N1C(=O)C[C@@H](NC(=O)C(=O)Nc2cc(-c3ccncc3)nn2C)C1=O. The van der Waals surface area contributed by atoms with Crippen molar-refractivity contribution in [1.29, 1.82) is 0 Å². The number of imide groups is 1. The van der Waals surface area contributed by atoms with Gasteiger partial charge in [-0.2, -0.15) is 5.10 Å². The molecule has 1 aliphatic heterocycles. The first-order valence-electron chi connectivity index (χ1n) is 8.70. The van der Waals surface area contributed by atoms with E-state index in [0.29, 0.717) is 11.5 Å². The third-order valence-electron chi connectivity index (χ3n) is 4.31. The highest BCUT2D eigenvalue weighted by molar-refractivity contribution is 6.40. The van der Waals surface area contributed by atoms with Crippen LogP contribution in [0.1, 0.15) is 20.3 Å². The fraction of sp³-hybridized carbons (Fsp3) is 0.333. The zero-order valence-corrected chi connectivity index (χ0v) is 15.7. The van der Waals surface area contributed by atoms with Gasteiger partial charge in [-0.1, -0.05) is 0 Å². The van der Waals surface area contributed by atoms with Gasteiger partial charge in [0.05, 0.1) is 12.1 Å². The molecule has 0 unspecified atom stereocenters. The molecule has 28 heavy (non-hydrogen) atoms. The number of nitrogens with zero attached hydrogens (tertiary/aromatic N) is 4. The normalized spacial score (nSPS) is 16.6. The summed E-state index contributed by atoms with van der Waals surface area (Å²) < 4.78 is 1.42. The van der Waals surface area contributed by atoms with Gasteiger partial charge in [0, 0.05) is 37.1 Å². The molecule has 1 fully saturated rings. The van der Waals surface area contributed by atoms with Gasteiger partial charge in [-0.15, -0.1) is 0 Å². The van der Waals surface area contributed by atoms with Gasteiger partial charge in [0.1, 0.15) is 11.9 Å². The average molecular weight is 384 g/mol. The monoisotopic (exact) mass is 384 g/mol. The van der Waals surface area contributed by atoms with E-state index in [2.05, 4.69) is 20.7 Å². The molecule has 1 atom stereocenters. The Balaban J connectivity index is 1.66. The van der Waals surface area contributed by atoms with Gasteiger partial charge in [0.25, 0.3) is 5.91 Å². The first kappa shape index (κ1) is 19.2. The molecule has 2 N–H and O–H groups in total. The average Bonchev–Trinajstić information content (AvgIpc) is 3.15. The number of amides is 4. The number of aromatic nitrogens is 3. The summed E-state index contributed by atoms with van der Waals surface area (Å²) in [5, 5.41) is 9.06. The van der Waals surface area contributed by atoms with Crippen LogP contribution in [-0.4, -0.2) is 55.4 Å². The molecule has 3 rings (SSSR count). The number of likely N-dealkylation sites (tertiary alicyclic amines) is 1. The highest BCUT2D eigenvalue weighted by atomic mass is 16.2. The molecule has 1 saturated heterocycles. The number of pyridine rings is 1. The summed E-state index contributed by atoms with van der Waals surface area (Å²) in [7, 11) is 1.62. The number of carbonyl (C=O) groups excluding carboxylic acids is 4. The second-order valence-corrected chi connectivity index (χ2v) is 6.65. The van der Waals surface area contributed by atoms with Gasteiger partial charge < -0.3 is 10.6 Å². The molecule has 0 aromatic carbocycles. The molecule has 0 radical (unpaired) electrons. The Morgan fingerprint density at radius 1 is 1.18 bits per heavy atom. The molecular formula is C18H20N6O4. The first-order chi connectivity index (χ1) is 13.3. The number of nitrogens with one attached hydrogen (secondary N) is 2. The lowest BCUT2D eigenvalue weighted by Crippen LogP contribution is -2.47. The maximum atomic E-state index is 12.2. The number of hydrogen-bond donors (Lipinski definition) is 2. The molecule has 3 heterocycles. The van der Waals surface area contributed by atoms with Crippen molar-refractivity contribution in [2.24, 2.45) is 7.05 Å². The molecule has 0 aliphatic carbocycles. The fourth-order valence-electron chi connectivity index (χ4n) is 2.95. The maximum absolute atomic E-state index is 12.2. The quantitative estimate of drug-likeness (QED) is 0.568. The molecule has 4 amide bonds. The Morgan fingerprint density at radius 3 is 2.46 bits per heavy atom. The molecule has 10 heteroatoms. The number of hydrogen-bond acceptors (Lipinski definition) is 6. The van der Waals surface area contributed by atoms with E-state index in [9.17, 15) is 19.2 Å². The standard InChI is InChI=1S/C18H20N6O4/c1-10(2)24-15(25)9-13(18(24)28)20-16(26)17(27)21-14-8-12(22-23(14)3)11-4-6-19-7-5-11/h4-8,10,13H,9H2,1-3H3,(H,20,26)(H,21,27)/t13-/m1/s1. The topological polar surface area (TPSA) is 126 Å². The lowest BCUT2D eigenvalue weighted by molar-refractivity contribution is -0.142. The lowest BCUT2D eigenvalue weighted by Gasteiger charge is -2.19. The van der Waals surface area contributed by atoms with Crippen LogP contribution in [0.5, 0.6) is 0 Å². The Labute approximate surface area is 160 Å². The van der Waals surface area contributed by atoms with Crippen molar-refractivity contribution in [3.63, 3.8) is 0 Å².